The van der Waals surface area contributed by atoms with Gasteiger partial charge in [0.25, 0.3) is 0 Å². The van der Waals surface area contributed by atoms with Crippen LogP contribution in [0.25, 0.3) is 11.1 Å². The van der Waals surface area contributed by atoms with Crippen LogP contribution in [0.2, 0.25) is 0 Å². The van der Waals surface area contributed by atoms with Crippen LogP contribution in [0, 0.1) is 0 Å². The minimum Gasteiger partial charge on any atom is -0.468 e. The molecular formula is C17H16O2S. The summed E-state index contributed by atoms with van der Waals surface area (Å²) in [6.07, 6.45) is 0. The molecule has 0 radical (unpaired) electrons. The van der Waals surface area contributed by atoms with Crippen molar-refractivity contribution < 1.29 is 9.53 Å². The number of esters is 1. The molecule has 0 bridgehead atoms. The highest BCUT2D eigenvalue weighted by Crippen LogP contribution is 2.54. The molecule has 2 aromatic rings. The smallest absolute Gasteiger partial charge is 0.315 e. The lowest BCUT2D eigenvalue weighted by molar-refractivity contribution is -0.137. The highest BCUT2D eigenvalue weighted by atomic mass is 32.2. The summed E-state index contributed by atoms with van der Waals surface area (Å²) in [7, 11) is 1.43. The van der Waals surface area contributed by atoms with Crippen molar-refractivity contribution in [3.63, 3.8) is 0 Å². The number of methoxy groups -OCH3 is 1. The van der Waals surface area contributed by atoms with Crippen molar-refractivity contribution in [2.75, 3.05) is 12.9 Å². The van der Waals surface area contributed by atoms with Crippen molar-refractivity contribution in [2.45, 2.75) is 11.7 Å². The Balaban J connectivity index is 2.08. The lowest BCUT2D eigenvalue weighted by Gasteiger charge is -2.26. The molecule has 0 atom stereocenters. The van der Waals surface area contributed by atoms with Crippen molar-refractivity contribution in [1.82, 2.24) is 0 Å². The molecule has 0 aliphatic heterocycles. The van der Waals surface area contributed by atoms with Gasteiger partial charge in [0.1, 0.15) is 0 Å². The van der Waals surface area contributed by atoms with Gasteiger partial charge in [0.15, 0.2) is 0 Å². The average Bonchev–Trinajstić information content (AvgIpc) is 2.76. The summed E-state index contributed by atoms with van der Waals surface area (Å²) in [6.45, 7) is 2.19. The predicted molar refractivity (Wildman–Crippen MR) is 82.8 cm³/mol. The largest absolute Gasteiger partial charge is 0.468 e. The Morgan fingerprint density at radius 3 is 2.05 bits per heavy atom. The fraction of sp³-hybridized carbons (Fsp3) is 0.235. The van der Waals surface area contributed by atoms with Gasteiger partial charge in [-0.25, -0.2) is 0 Å². The van der Waals surface area contributed by atoms with Crippen molar-refractivity contribution in [3.05, 3.63) is 59.7 Å². The fourth-order valence-corrected chi connectivity index (χ4v) is 4.02. The van der Waals surface area contributed by atoms with Gasteiger partial charge in [-0.3, -0.25) is 4.79 Å². The summed E-state index contributed by atoms with van der Waals surface area (Å²) in [5.41, 5.74) is 5.08. The molecule has 3 heteroatoms. The standard InChI is InChI=1S/C17H16O2S/c1-17(20-11-16(18)19-2)14-9-5-3-7-12(14)13-8-4-6-10-15(13)17/h3-10H,11H2,1-2H3. The van der Waals surface area contributed by atoms with E-state index < -0.39 is 0 Å². The molecule has 0 saturated carbocycles. The minimum absolute atomic E-state index is 0.182. The second-order valence-electron chi connectivity index (χ2n) is 4.99. The molecule has 20 heavy (non-hydrogen) atoms. The van der Waals surface area contributed by atoms with Crippen LogP contribution in [0.3, 0.4) is 0 Å². The van der Waals surface area contributed by atoms with Crippen molar-refractivity contribution >= 4 is 17.7 Å². The Morgan fingerprint density at radius 2 is 1.55 bits per heavy atom. The average molecular weight is 284 g/mol. The van der Waals surface area contributed by atoms with E-state index >= 15 is 0 Å². The van der Waals surface area contributed by atoms with E-state index in [0.717, 1.165) is 0 Å². The van der Waals surface area contributed by atoms with Gasteiger partial charge in [0.05, 0.1) is 17.6 Å². The van der Waals surface area contributed by atoms with Crippen LogP contribution in [0.15, 0.2) is 48.5 Å². The molecule has 0 unspecified atom stereocenters. The van der Waals surface area contributed by atoms with Gasteiger partial charge in [-0.2, -0.15) is 0 Å². The quantitative estimate of drug-likeness (QED) is 0.801. The van der Waals surface area contributed by atoms with Crippen molar-refractivity contribution in [1.29, 1.82) is 0 Å². The summed E-state index contributed by atoms with van der Waals surface area (Å²) in [4.78, 5) is 11.5. The number of fused-ring (bicyclic) bond motifs is 3. The summed E-state index contributed by atoms with van der Waals surface area (Å²) >= 11 is 1.63. The molecular weight excluding hydrogens is 268 g/mol. The zero-order valence-electron chi connectivity index (χ0n) is 11.6. The van der Waals surface area contributed by atoms with Gasteiger partial charge in [-0.05, 0) is 29.2 Å². The Kier molecular flexibility index (Phi) is 3.30. The number of ether oxygens (including phenoxy) is 1. The number of benzene rings is 2. The van der Waals surface area contributed by atoms with Crippen LogP contribution < -0.4 is 0 Å². The fourth-order valence-electron chi connectivity index (χ4n) is 2.83. The van der Waals surface area contributed by atoms with E-state index in [9.17, 15) is 4.79 Å². The molecule has 1 aliphatic rings. The van der Waals surface area contributed by atoms with Gasteiger partial charge < -0.3 is 4.74 Å². The first-order valence-corrected chi connectivity index (χ1v) is 7.55. The maximum Gasteiger partial charge on any atom is 0.315 e. The van der Waals surface area contributed by atoms with E-state index in [4.69, 9.17) is 4.74 Å². The first kappa shape index (κ1) is 13.3. The lowest BCUT2D eigenvalue weighted by Crippen LogP contribution is -2.19. The SMILES string of the molecule is COC(=O)CSC1(C)c2ccccc2-c2ccccc21. The molecule has 102 valence electrons. The second kappa shape index (κ2) is 4.98. The topological polar surface area (TPSA) is 26.3 Å². The zero-order chi connectivity index (χ0) is 14.2. The Hall–Kier alpha value is -1.74. The summed E-state index contributed by atoms with van der Waals surface area (Å²) in [5, 5.41) is 0. The number of rotatable bonds is 3. The van der Waals surface area contributed by atoms with Gasteiger partial charge in [0.2, 0.25) is 0 Å². The number of hydrogen-bond acceptors (Lipinski definition) is 3. The van der Waals surface area contributed by atoms with Crippen LogP contribution >= 0.6 is 11.8 Å². The first-order chi connectivity index (χ1) is 9.66. The molecule has 1 aliphatic carbocycles. The molecule has 0 saturated heterocycles. The lowest BCUT2D eigenvalue weighted by atomic mass is 9.98. The molecule has 0 spiro atoms. The van der Waals surface area contributed by atoms with E-state index in [-0.39, 0.29) is 10.7 Å². The van der Waals surface area contributed by atoms with Crippen molar-refractivity contribution in [2.24, 2.45) is 0 Å². The molecule has 0 heterocycles. The van der Waals surface area contributed by atoms with E-state index in [1.54, 1.807) is 11.8 Å². The van der Waals surface area contributed by atoms with E-state index in [2.05, 4.69) is 55.5 Å². The highest BCUT2D eigenvalue weighted by Gasteiger charge is 2.39. The van der Waals surface area contributed by atoms with Crippen LogP contribution in [0.5, 0.6) is 0 Å². The number of hydrogen-bond donors (Lipinski definition) is 0. The number of thioether (sulfide) groups is 1. The summed E-state index contributed by atoms with van der Waals surface area (Å²) < 4.78 is 4.58. The molecule has 2 aromatic carbocycles. The molecule has 0 fully saturated rings. The van der Waals surface area contributed by atoms with Crippen LogP contribution in [-0.2, 0) is 14.3 Å². The van der Waals surface area contributed by atoms with Crippen molar-refractivity contribution in [3.8, 4) is 11.1 Å². The summed E-state index contributed by atoms with van der Waals surface area (Å²) in [6, 6.07) is 16.8. The Labute approximate surface area is 123 Å². The van der Waals surface area contributed by atoms with E-state index in [1.807, 2.05) is 0 Å². The number of carbonyl (C=O) groups is 1. The maximum atomic E-state index is 11.5. The molecule has 3 rings (SSSR count). The monoisotopic (exact) mass is 284 g/mol. The van der Waals surface area contributed by atoms with Gasteiger partial charge >= 0.3 is 5.97 Å². The van der Waals surface area contributed by atoms with Crippen LogP contribution in [0.1, 0.15) is 18.1 Å². The third kappa shape index (κ3) is 1.93. The van der Waals surface area contributed by atoms with Crippen LogP contribution in [-0.4, -0.2) is 18.8 Å². The van der Waals surface area contributed by atoms with Gasteiger partial charge in [0, 0.05) is 0 Å². The third-order valence-electron chi connectivity index (χ3n) is 3.88. The highest BCUT2D eigenvalue weighted by molar-refractivity contribution is 8.01. The summed E-state index contributed by atoms with van der Waals surface area (Å²) in [5.74, 6) is 0.174. The molecule has 0 aromatic heterocycles. The predicted octanol–water partition coefficient (Wildman–Crippen LogP) is 3.84. The van der Waals surface area contributed by atoms with Gasteiger partial charge in [-0.15, -0.1) is 11.8 Å². The maximum absolute atomic E-state index is 11.5. The number of carbonyl (C=O) groups excluding carboxylic acids is 1. The first-order valence-electron chi connectivity index (χ1n) is 6.57. The second-order valence-corrected chi connectivity index (χ2v) is 6.38. The normalized spacial score (nSPS) is 14.5. The Morgan fingerprint density at radius 1 is 1.05 bits per heavy atom. The Bertz CT molecular complexity index is 618. The third-order valence-corrected chi connectivity index (χ3v) is 5.28. The van der Waals surface area contributed by atoms with E-state index in [0.29, 0.717) is 5.75 Å². The zero-order valence-corrected chi connectivity index (χ0v) is 12.4. The van der Waals surface area contributed by atoms with Gasteiger partial charge in [-0.1, -0.05) is 48.5 Å². The molecule has 0 N–H and O–H groups in total. The minimum atomic E-state index is -0.193. The molecule has 2 nitrogen and oxygen atoms in total. The molecule has 0 amide bonds. The van der Waals surface area contributed by atoms with E-state index in [1.165, 1.54) is 29.4 Å². The van der Waals surface area contributed by atoms with Crippen LogP contribution in [0.4, 0.5) is 0 Å².